The fourth-order valence-corrected chi connectivity index (χ4v) is 4.26. The average molecular weight is 454 g/mol. The van der Waals surface area contributed by atoms with E-state index in [9.17, 15) is 18.8 Å². The lowest BCUT2D eigenvalue weighted by atomic mass is 10.1. The Kier molecular flexibility index (Phi) is 7.19. The van der Waals surface area contributed by atoms with Gasteiger partial charge in [0.1, 0.15) is 11.9 Å². The number of rotatable bonds is 6. The summed E-state index contributed by atoms with van der Waals surface area (Å²) in [5.41, 5.74) is 1.21. The number of carbonyl (C=O) groups is 3. The van der Waals surface area contributed by atoms with Gasteiger partial charge in [0.25, 0.3) is 0 Å². The lowest BCUT2D eigenvalue weighted by Crippen LogP contribution is -2.60. The van der Waals surface area contributed by atoms with E-state index in [2.05, 4.69) is 10.6 Å². The van der Waals surface area contributed by atoms with Crippen molar-refractivity contribution in [1.82, 2.24) is 15.1 Å². The van der Waals surface area contributed by atoms with E-state index < -0.39 is 6.04 Å². The van der Waals surface area contributed by atoms with Crippen LogP contribution >= 0.6 is 0 Å². The monoisotopic (exact) mass is 453 g/mol. The number of nitrogens with one attached hydrogen (secondary N) is 2. The van der Waals surface area contributed by atoms with Gasteiger partial charge in [-0.15, -0.1) is 0 Å². The lowest BCUT2D eigenvalue weighted by molar-refractivity contribution is -0.145. The van der Waals surface area contributed by atoms with Gasteiger partial charge in [0.15, 0.2) is 0 Å². The molecule has 0 radical (unpaired) electrons. The van der Waals surface area contributed by atoms with Gasteiger partial charge in [-0.3, -0.25) is 19.3 Å². The summed E-state index contributed by atoms with van der Waals surface area (Å²) in [6.07, 6.45) is -0.104. The van der Waals surface area contributed by atoms with Crippen molar-refractivity contribution in [1.29, 1.82) is 0 Å². The highest BCUT2D eigenvalue weighted by atomic mass is 19.1. The molecule has 9 heteroatoms. The second-order valence-electron chi connectivity index (χ2n) is 8.23. The Labute approximate surface area is 192 Å². The van der Waals surface area contributed by atoms with Crippen LogP contribution in [0.5, 0.6) is 0 Å². The summed E-state index contributed by atoms with van der Waals surface area (Å²) in [5, 5.41) is 5.52. The smallest absolute Gasteiger partial charge is 0.243 e. The minimum Gasteiger partial charge on any atom is -0.367 e. The van der Waals surface area contributed by atoms with E-state index in [4.69, 9.17) is 0 Å². The maximum atomic E-state index is 14.1. The van der Waals surface area contributed by atoms with Gasteiger partial charge in [0.05, 0.1) is 18.7 Å². The molecule has 33 heavy (non-hydrogen) atoms. The van der Waals surface area contributed by atoms with E-state index in [0.717, 1.165) is 0 Å². The van der Waals surface area contributed by atoms with Gasteiger partial charge >= 0.3 is 0 Å². The fraction of sp³-hybridized carbons (Fsp3) is 0.375. The number of piperazine rings is 2. The molecule has 0 unspecified atom stereocenters. The van der Waals surface area contributed by atoms with Crippen molar-refractivity contribution < 1.29 is 18.8 Å². The molecule has 2 aliphatic rings. The molecule has 3 amide bonds. The number of hydrogen-bond donors (Lipinski definition) is 2. The van der Waals surface area contributed by atoms with Crippen LogP contribution in [-0.2, 0) is 14.4 Å². The molecule has 2 heterocycles. The number of hydrogen-bond acceptors (Lipinski definition) is 5. The molecular weight excluding hydrogens is 425 g/mol. The summed E-state index contributed by atoms with van der Waals surface area (Å²) < 4.78 is 14.1. The van der Waals surface area contributed by atoms with Crippen molar-refractivity contribution in [3.8, 4) is 0 Å². The predicted molar refractivity (Wildman–Crippen MR) is 123 cm³/mol. The first-order chi connectivity index (χ1) is 16.0. The van der Waals surface area contributed by atoms with Gasteiger partial charge in [-0.1, -0.05) is 30.3 Å². The largest absolute Gasteiger partial charge is 0.367 e. The molecule has 0 bridgehead atoms. The number of para-hydroxylation sites is 2. The number of benzene rings is 2. The maximum Gasteiger partial charge on any atom is 0.243 e. The number of anilines is 2. The van der Waals surface area contributed by atoms with Crippen molar-refractivity contribution in [3.05, 3.63) is 60.4 Å². The third-order valence-electron chi connectivity index (χ3n) is 6.01. The van der Waals surface area contributed by atoms with Crippen molar-refractivity contribution in [2.45, 2.75) is 12.5 Å². The number of nitrogens with zero attached hydrogens (tertiary/aromatic N) is 3. The third kappa shape index (κ3) is 5.67. The Hall–Kier alpha value is -3.46. The second kappa shape index (κ2) is 10.4. The highest BCUT2D eigenvalue weighted by Gasteiger charge is 2.35. The highest BCUT2D eigenvalue weighted by Crippen LogP contribution is 2.20. The van der Waals surface area contributed by atoms with Gasteiger partial charge in [0.2, 0.25) is 17.7 Å². The molecule has 0 spiro atoms. The van der Waals surface area contributed by atoms with Crippen LogP contribution < -0.4 is 15.5 Å². The van der Waals surface area contributed by atoms with Crippen LogP contribution in [0.4, 0.5) is 15.8 Å². The summed E-state index contributed by atoms with van der Waals surface area (Å²) in [5.74, 6) is -1.07. The fourth-order valence-electron chi connectivity index (χ4n) is 4.26. The molecule has 2 aromatic carbocycles. The second-order valence-corrected chi connectivity index (χ2v) is 8.23. The first kappa shape index (κ1) is 22.7. The number of carbonyl (C=O) groups excluding carboxylic acids is 3. The van der Waals surface area contributed by atoms with Crippen molar-refractivity contribution in [2.75, 3.05) is 56.0 Å². The minimum atomic E-state index is -0.838. The standard InChI is InChI=1S/C24H28FN5O3/c25-19-8-4-5-9-20(19)29-14-12-28(13-15-29)17-23(32)30-11-10-26-24(33)21(30)16-22(31)27-18-6-2-1-3-7-18/h1-9,21H,10-17H2,(H,26,33)(H,27,31)/t21-/m0/s1. The minimum absolute atomic E-state index is 0.104. The van der Waals surface area contributed by atoms with E-state index in [1.54, 1.807) is 24.3 Å². The van der Waals surface area contributed by atoms with Gasteiger partial charge in [0, 0.05) is 45.0 Å². The van der Waals surface area contributed by atoms with Crippen LogP contribution in [-0.4, -0.2) is 79.4 Å². The molecule has 2 aromatic rings. The Bertz CT molecular complexity index is 995. The van der Waals surface area contributed by atoms with Crippen molar-refractivity contribution in [3.63, 3.8) is 0 Å². The molecule has 4 rings (SSSR count). The number of amides is 3. The predicted octanol–water partition coefficient (Wildman–Crippen LogP) is 1.30. The summed E-state index contributed by atoms with van der Waals surface area (Å²) in [6, 6.07) is 14.8. The quantitative estimate of drug-likeness (QED) is 0.689. The molecule has 0 aliphatic carbocycles. The first-order valence-corrected chi connectivity index (χ1v) is 11.1. The van der Waals surface area contributed by atoms with E-state index in [1.807, 2.05) is 34.1 Å². The van der Waals surface area contributed by atoms with E-state index >= 15 is 0 Å². The third-order valence-corrected chi connectivity index (χ3v) is 6.01. The van der Waals surface area contributed by atoms with E-state index in [-0.39, 0.29) is 36.5 Å². The van der Waals surface area contributed by atoms with Gasteiger partial charge < -0.3 is 20.4 Å². The molecule has 174 valence electrons. The van der Waals surface area contributed by atoms with Crippen LogP contribution in [0.3, 0.4) is 0 Å². The van der Waals surface area contributed by atoms with E-state index in [1.165, 1.54) is 11.0 Å². The van der Waals surface area contributed by atoms with Crippen molar-refractivity contribution in [2.24, 2.45) is 0 Å². The Morgan fingerprint density at radius 3 is 2.39 bits per heavy atom. The average Bonchev–Trinajstić information content (AvgIpc) is 2.82. The molecular formula is C24H28FN5O3. The molecule has 1 atom stereocenters. The maximum absolute atomic E-state index is 14.1. The normalized spacial score (nSPS) is 19.2. The molecule has 2 N–H and O–H groups in total. The van der Waals surface area contributed by atoms with Crippen LogP contribution in [0.15, 0.2) is 54.6 Å². The van der Waals surface area contributed by atoms with Crippen molar-refractivity contribution >= 4 is 29.1 Å². The van der Waals surface area contributed by atoms with E-state index in [0.29, 0.717) is 50.6 Å². The molecule has 2 aliphatic heterocycles. The lowest BCUT2D eigenvalue weighted by Gasteiger charge is -2.39. The van der Waals surface area contributed by atoms with Gasteiger partial charge in [-0.05, 0) is 24.3 Å². The summed E-state index contributed by atoms with van der Waals surface area (Å²) >= 11 is 0. The Balaban J connectivity index is 1.33. The summed E-state index contributed by atoms with van der Waals surface area (Å²) in [7, 11) is 0. The molecule has 0 aromatic heterocycles. The highest BCUT2D eigenvalue weighted by molar-refractivity contribution is 5.97. The zero-order chi connectivity index (χ0) is 23.2. The van der Waals surface area contributed by atoms with Gasteiger partial charge in [-0.25, -0.2) is 4.39 Å². The SMILES string of the molecule is O=C(C[C@H]1C(=O)NCCN1C(=O)CN1CCN(c2ccccc2F)CC1)Nc1ccccc1. The topological polar surface area (TPSA) is 85.0 Å². The molecule has 2 saturated heterocycles. The van der Waals surface area contributed by atoms with Crippen LogP contribution in [0.2, 0.25) is 0 Å². The molecule has 8 nitrogen and oxygen atoms in total. The Morgan fingerprint density at radius 1 is 0.970 bits per heavy atom. The molecule has 0 saturated carbocycles. The van der Waals surface area contributed by atoms with Crippen LogP contribution in [0.1, 0.15) is 6.42 Å². The zero-order valence-electron chi connectivity index (χ0n) is 18.4. The van der Waals surface area contributed by atoms with Crippen LogP contribution in [0, 0.1) is 5.82 Å². The zero-order valence-corrected chi connectivity index (χ0v) is 18.4. The summed E-state index contributed by atoms with van der Waals surface area (Å²) in [4.78, 5) is 43.5. The van der Waals surface area contributed by atoms with Gasteiger partial charge in [-0.2, -0.15) is 0 Å². The Morgan fingerprint density at radius 2 is 1.67 bits per heavy atom. The molecule has 2 fully saturated rings. The number of halogens is 1. The summed E-state index contributed by atoms with van der Waals surface area (Å²) in [6.45, 7) is 3.33. The first-order valence-electron chi connectivity index (χ1n) is 11.1. The van der Waals surface area contributed by atoms with Crippen LogP contribution in [0.25, 0.3) is 0 Å².